The molecule has 0 fully saturated rings. The number of hydrogen-bond acceptors (Lipinski definition) is 8. The van der Waals surface area contributed by atoms with Crippen molar-refractivity contribution in [3.05, 3.63) is 76.2 Å². The first-order chi connectivity index (χ1) is 22.7. The predicted molar refractivity (Wildman–Crippen MR) is 182 cm³/mol. The summed E-state index contributed by atoms with van der Waals surface area (Å²) in [6, 6.07) is 13.8. The third-order valence-corrected chi connectivity index (χ3v) is 8.90. The maximum absolute atomic E-state index is 13.9. The molecule has 0 bridgehead atoms. The highest BCUT2D eigenvalue weighted by Crippen LogP contribution is 2.50. The number of hydrogen-bond donors (Lipinski definition) is 3. The molecule has 1 heterocycles. The van der Waals surface area contributed by atoms with E-state index in [-0.39, 0.29) is 28.8 Å². The monoisotopic (exact) mass is 641 g/mol. The van der Waals surface area contributed by atoms with Crippen LogP contribution in [0.15, 0.2) is 59.7 Å². The van der Waals surface area contributed by atoms with Crippen molar-refractivity contribution in [2.24, 2.45) is 5.92 Å². The first-order valence-corrected chi connectivity index (χ1v) is 15.9. The van der Waals surface area contributed by atoms with Gasteiger partial charge in [0.2, 0.25) is 23.0 Å². The zero-order valence-electron chi connectivity index (χ0n) is 27.8. The summed E-state index contributed by atoms with van der Waals surface area (Å²) in [4.78, 5) is 44.2. The van der Waals surface area contributed by atoms with E-state index in [0.717, 1.165) is 34.1 Å². The number of aryl methyl sites for hydroxylation is 1. The van der Waals surface area contributed by atoms with Crippen LogP contribution in [0.5, 0.6) is 17.2 Å². The van der Waals surface area contributed by atoms with Gasteiger partial charge in [0.15, 0.2) is 11.5 Å². The van der Waals surface area contributed by atoms with Crippen LogP contribution in [0.3, 0.4) is 0 Å². The van der Waals surface area contributed by atoms with E-state index in [1.807, 2.05) is 54.8 Å². The van der Waals surface area contributed by atoms with Gasteiger partial charge < -0.3 is 34.7 Å². The SMILES string of the molecule is CCC(C)C(Nc1ccc2c(cc1=O)C(NC(C)=O)CCc1cc(OC)c(OC)c(OC)c1-2)C(=O)NCCn1cnc2ccccc21. The number of rotatable bonds is 12. The summed E-state index contributed by atoms with van der Waals surface area (Å²) < 4.78 is 19.2. The van der Waals surface area contributed by atoms with E-state index in [9.17, 15) is 14.4 Å². The van der Waals surface area contributed by atoms with E-state index in [1.54, 1.807) is 39.8 Å². The Morgan fingerprint density at radius 2 is 1.81 bits per heavy atom. The number of nitrogens with zero attached hydrogens (tertiary/aromatic N) is 2. The molecule has 1 aliphatic carbocycles. The minimum atomic E-state index is -0.660. The fourth-order valence-corrected chi connectivity index (χ4v) is 6.29. The number of carbonyl (C=O) groups excluding carboxylic acids is 2. The van der Waals surface area contributed by atoms with Crippen LogP contribution < -0.4 is 35.6 Å². The second kappa shape index (κ2) is 14.6. The van der Waals surface area contributed by atoms with Gasteiger partial charge >= 0.3 is 0 Å². The molecule has 1 aromatic heterocycles. The Morgan fingerprint density at radius 1 is 1.04 bits per heavy atom. The van der Waals surface area contributed by atoms with E-state index in [4.69, 9.17) is 14.2 Å². The molecule has 248 valence electrons. The van der Waals surface area contributed by atoms with Crippen LogP contribution in [-0.2, 0) is 22.6 Å². The molecule has 0 saturated carbocycles. The lowest BCUT2D eigenvalue weighted by Gasteiger charge is -2.24. The highest BCUT2D eigenvalue weighted by atomic mass is 16.5. The van der Waals surface area contributed by atoms with Crippen molar-refractivity contribution < 1.29 is 23.8 Å². The first-order valence-electron chi connectivity index (χ1n) is 15.9. The van der Waals surface area contributed by atoms with Crippen molar-refractivity contribution in [1.29, 1.82) is 0 Å². The van der Waals surface area contributed by atoms with Crippen molar-refractivity contribution in [3.63, 3.8) is 0 Å². The number of imidazole rings is 1. The standard InChI is InChI=1S/C36H43N5O6/c1-7-21(2)33(36(44)37-16-17-41-20-38-27-10-8-9-11-29(27)41)40-28-15-13-24-25(19-30(28)43)26(39-22(3)42)14-12-23-18-31(45-4)34(46-5)35(47-6)32(23)24/h8-11,13,15,18-21,26,33H,7,12,14,16-17H2,1-6H3,(H,37,44)(H,39,42)(H,40,43). The number of ether oxygens (including phenoxy) is 3. The first kappa shape index (κ1) is 33.3. The second-order valence-corrected chi connectivity index (χ2v) is 11.8. The number of aromatic nitrogens is 2. The smallest absolute Gasteiger partial charge is 0.242 e. The Kier molecular flexibility index (Phi) is 10.3. The lowest BCUT2D eigenvalue weighted by atomic mass is 9.95. The average molecular weight is 642 g/mol. The Hall–Kier alpha value is -5.06. The van der Waals surface area contributed by atoms with Crippen LogP contribution in [0.25, 0.3) is 22.2 Å². The van der Waals surface area contributed by atoms with Crippen LogP contribution in [-0.4, -0.2) is 55.3 Å². The summed E-state index contributed by atoms with van der Waals surface area (Å²) in [7, 11) is 4.68. The Labute approximate surface area is 274 Å². The quantitative estimate of drug-likeness (QED) is 0.200. The van der Waals surface area contributed by atoms with Gasteiger partial charge in [-0.2, -0.15) is 0 Å². The van der Waals surface area contributed by atoms with Gasteiger partial charge in [-0.05, 0) is 65.8 Å². The number of anilines is 1. The molecule has 11 nitrogen and oxygen atoms in total. The summed E-state index contributed by atoms with van der Waals surface area (Å²) in [6.45, 7) is 6.41. The maximum atomic E-state index is 13.9. The minimum Gasteiger partial charge on any atom is -0.493 e. The van der Waals surface area contributed by atoms with Gasteiger partial charge in [-0.15, -0.1) is 0 Å². The fourth-order valence-electron chi connectivity index (χ4n) is 6.29. The summed E-state index contributed by atoms with van der Waals surface area (Å²) in [5.74, 6) is 0.957. The van der Waals surface area contributed by atoms with E-state index in [2.05, 4.69) is 20.9 Å². The zero-order chi connectivity index (χ0) is 33.7. The van der Waals surface area contributed by atoms with Crippen LogP contribution in [0.2, 0.25) is 0 Å². The lowest BCUT2D eigenvalue weighted by molar-refractivity contribution is -0.123. The summed E-state index contributed by atoms with van der Waals surface area (Å²) in [6.07, 6.45) is 3.64. The highest BCUT2D eigenvalue weighted by molar-refractivity contribution is 5.86. The number of fused-ring (bicyclic) bond motifs is 4. The lowest BCUT2D eigenvalue weighted by Crippen LogP contribution is -2.45. The van der Waals surface area contributed by atoms with Crippen molar-refractivity contribution in [3.8, 4) is 28.4 Å². The topological polar surface area (TPSA) is 133 Å². The molecule has 0 saturated heterocycles. The molecular formula is C36H43N5O6. The number of amides is 2. The Morgan fingerprint density at radius 3 is 2.51 bits per heavy atom. The van der Waals surface area contributed by atoms with E-state index >= 15 is 0 Å². The molecule has 11 heteroatoms. The van der Waals surface area contributed by atoms with Gasteiger partial charge in [-0.3, -0.25) is 14.4 Å². The average Bonchev–Trinajstić information content (AvgIpc) is 3.34. The molecule has 3 atom stereocenters. The molecule has 5 rings (SSSR count). The van der Waals surface area contributed by atoms with Gasteiger partial charge in [-0.25, -0.2) is 4.98 Å². The van der Waals surface area contributed by atoms with Gasteiger partial charge in [0.25, 0.3) is 0 Å². The van der Waals surface area contributed by atoms with Crippen LogP contribution in [0.4, 0.5) is 5.69 Å². The van der Waals surface area contributed by atoms with E-state index in [1.165, 1.54) is 6.92 Å². The summed E-state index contributed by atoms with van der Waals surface area (Å²) in [5.41, 5.74) is 4.95. The maximum Gasteiger partial charge on any atom is 0.242 e. The zero-order valence-corrected chi connectivity index (χ0v) is 27.8. The van der Waals surface area contributed by atoms with Gasteiger partial charge in [0.05, 0.1) is 50.4 Å². The van der Waals surface area contributed by atoms with Crippen LogP contribution >= 0.6 is 0 Å². The van der Waals surface area contributed by atoms with Crippen LogP contribution in [0.1, 0.15) is 50.8 Å². The molecule has 0 radical (unpaired) electrons. The molecule has 0 spiro atoms. The molecule has 4 aromatic rings. The second-order valence-electron chi connectivity index (χ2n) is 11.8. The molecular weight excluding hydrogens is 598 g/mol. The third kappa shape index (κ3) is 6.89. The number of para-hydroxylation sites is 2. The van der Waals surface area contributed by atoms with Crippen molar-refractivity contribution in [2.75, 3.05) is 33.2 Å². The highest BCUT2D eigenvalue weighted by Gasteiger charge is 2.30. The number of benzene rings is 2. The van der Waals surface area contributed by atoms with E-state index in [0.29, 0.717) is 48.7 Å². The molecule has 47 heavy (non-hydrogen) atoms. The summed E-state index contributed by atoms with van der Waals surface area (Å²) >= 11 is 0. The van der Waals surface area contributed by atoms with E-state index < -0.39 is 12.1 Å². The van der Waals surface area contributed by atoms with Gasteiger partial charge in [-0.1, -0.05) is 38.5 Å². The molecule has 3 unspecified atom stereocenters. The minimum absolute atomic E-state index is 0.0727. The normalized spacial score (nSPS) is 15.0. The van der Waals surface area contributed by atoms with Gasteiger partial charge in [0.1, 0.15) is 6.04 Å². The Balaban J connectivity index is 1.50. The van der Waals surface area contributed by atoms with Crippen molar-refractivity contribution in [1.82, 2.24) is 20.2 Å². The number of methoxy groups -OCH3 is 3. The Bertz CT molecular complexity index is 1840. The third-order valence-electron chi connectivity index (χ3n) is 8.90. The summed E-state index contributed by atoms with van der Waals surface area (Å²) in [5, 5.41) is 9.35. The number of nitrogens with one attached hydrogen (secondary N) is 3. The van der Waals surface area contributed by atoms with Crippen LogP contribution in [0, 0.1) is 5.92 Å². The molecule has 3 N–H and O–H groups in total. The largest absolute Gasteiger partial charge is 0.493 e. The molecule has 3 aromatic carbocycles. The molecule has 0 aliphatic heterocycles. The number of carbonyl (C=O) groups is 2. The molecule has 2 amide bonds. The fraction of sp³-hybridized carbons (Fsp3) is 0.389. The van der Waals surface area contributed by atoms with Crippen molar-refractivity contribution >= 4 is 28.5 Å². The molecule has 1 aliphatic rings. The van der Waals surface area contributed by atoms with Crippen molar-refractivity contribution in [2.45, 2.75) is 58.7 Å². The van der Waals surface area contributed by atoms with Gasteiger partial charge in [0, 0.05) is 25.6 Å². The predicted octanol–water partition coefficient (Wildman–Crippen LogP) is 4.86.